The summed E-state index contributed by atoms with van der Waals surface area (Å²) in [5.74, 6) is -1.37. The molecule has 0 saturated carbocycles. The molecule has 0 radical (unpaired) electrons. The molecule has 0 spiro atoms. The molecule has 0 bridgehead atoms. The standard InChI is InChI=1S/C13H15N3O4S.C7H10N2O2.C6H6FNO2S.CH2O3.2Cs.H/c1-3-20-13(17)12-8-9(2)16(15-12)10-4-6-11(7-5-10)21(14,18)19;1-3-11-7(10)6-4-5(2)8-9-6;7-5-1-3-6(4-2-5)11(8,9)10;2-1-4-3;;;/h4-8H,3H2,1-2H3,(H2,14,18,19);4H,3H2,1-2H3,(H,8,9);1-4H,(H2,8,9,10);1,3H;;;/q;;;;2*+1;-1/p-1. The molecule has 5 N–H and O–H groups in total. The van der Waals surface area contributed by atoms with Gasteiger partial charge in [-0.25, -0.2) is 45.8 Å². The van der Waals surface area contributed by atoms with Gasteiger partial charge in [-0.3, -0.25) is 9.89 Å². The summed E-state index contributed by atoms with van der Waals surface area (Å²) in [5, 5.41) is 28.8. The quantitative estimate of drug-likeness (QED) is 0.0647. The molecule has 0 aliphatic carbocycles. The van der Waals surface area contributed by atoms with Crippen molar-refractivity contribution in [3.8, 4) is 5.69 Å². The SMILES string of the molecule is CCOC(=O)c1cc(C)[nH]n1.CCOC(=O)c1cc(C)n(-c2ccc(S(N)(=O)=O)cc2)n1.NS(=O)(=O)c1ccc(F)cc1.O=CO[O-].[Cs+].[Cs+].[H-]. The predicted octanol–water partition coefficient (Wildman–Crippen LogP) is -5.07. The number of hydrogen-bond acceptors (Lipinski definition) is 13. The maximum Gasteiger partial charge on any atom is 1.00 e. The molecule has 2 heterocycles. The van der Waals surface area contributed by atoms with Crippen molar-refractivity contribution in [3.05, 3.63) is 89.3 Å². The number of nitrogens with zero attached hydrogens (tertiary/aromatic N) is 3. The van der Waals surface area contributed by atoms with Crippen LogP contribution in [0.1, 0.15) is 47.6 Å². The summed E-state index contributed by atoms with van der Waals surface area (Å²) in [6, 6.07) is 13.5. The smallest absolute Gasteiger partial charge is 1.00 e. The first-order valence-electron chi connectivity index (χ1n) is 13.0. The number of nitrogens with two attached hydrogens (primary N) is 2. The summed E-state index contributed by atoms with van der Waals surface area (Å²) in [4.78, 5) is 33.8. The largest absolute Gasteiger partial charge is 1.00 e. The van der Waals surface area contributed by atoms with Gasteiger partial charge in [-0.05, 0) is 88.4 Å². The van der Waals surface area contributed by atoms with Crippen molar-refractivity contribution in [1.82, 2.24) is 20.0 Å². The topological polar surface area (TPSA) is 269 Å². The van der Waals surface area contributed by atoms with Crippen LogP contribution in [0.4, 0.5) is 4.39 Å². The summed E-state index contributed by atoms with van der Waals surface area (Å²) < 4.78 is 67.0. The van der Waals surface area contributed by atoms with Gasteiger partial charge in [0.05, 0.1) is 28.7 Å². The average molecular weight is 967 g/mol. The van der Waals surface area contributed by atoms with Crippen LogP contribution in [-0.2, 0) is 39.2 Å². The first kappa shape index (κ1) is 50.2. The molecule has 2 aromatic heterocycles. The number of ether oxygens (including phenoxy) is 2. The van der Waals surface area contributed by atoms with Crippen molar-refractivity contribution >= 4 is 38.5 Å². The molecule has 0 amide bonds. The van der Waals surface area contributed by atoms with Gasteiger partial charge in [0.2, 0.25) is 20.0 Å². The normalized spacial score (nSPS) is 10.0. The van der Waals surface area contributed by atoms with Gasteiger partial charge in [0, 0.05) is 11.4 Å². The van der Waals surface area contributed by atoms with Crippen molar-refractivity contribution < 1.29 is 194 Å². The number of benzene rings is 2. The third kappa shape index (κ3) is 18.9. The van der Waals surface area contributed by atoms with Crippen LogP contribution in [0.2, 0.25) is 0 Å². The number of aromatic amines is 1. The number of nitrogens with one attached hydrogen (secondary N) is 1. The third-order valence-electron chi connectivity index (χ3n) is 5.15. The van der Waals surface area contributed by atoms with Crippen molar-refractivity contribution in [2.45, 2.75) is 37.5 Å². The molecule has 0 unspecified atom stereocenters. The molecule has 4 aromatic rings. The Hall–Kier alpha value is -0.916. The minimum atomic E-state index is -3.73. The fraction of sp³-hybridized carbons (Fsp3) is 0.222. The van der Waals surface area contributed by atoms with E-state index in [4.69, 9.17) is 29.8 Å². The summed E-state index contributed by atoms with van der Waals surface area (Å²) in [7, 11) is -7.42. The molecular weight excluding hydrogens is 933 g/mol. The van der Waals surface area contributed by atoms with Gasteiger partial charge in [-0.1, -0.05) is 0 Å². The van der Waals surface area contributed by atoms with Crippen LogP contribution in [0.15, 0.2) is 70.5 Å². The number of carbonyl (C=O) groups is 3. The van der Waals surface area contributed by atoms with E-state index >= 15 is 0 Å². The molecule has 4 rings (SSSR count). The number of halogens is 1. The van der Waals surface area contributed by atoms with Crippen LogP contribution in [0.5, 0.6) is 0 Å². The van der Waals surface area contributed by atoms with E-state index in [1.807, 2.05) is 6.92 Å². The van der Waals surface area contributed by atoms with Crippen molar-refractivity contribution in [1.29, 1.82) is 0 Å². The van der Waals surface area contributed by atoms with Gasteiger partial charge in [0.25, 0.3) is 6.47 Å². The number of esters is 2. The van der Waals surface area contributed by atoms with E-state index in [0.29, 0.717) is 18.0 Å². The molecule has 0 aliphatic heterocycles. The number of primary sulfonamides is 2. The minimum Gasteiger partial charge on any atom is -1.00 e. The van der Waals surface area contributed by atoms with E-state index in [2.05, 4.69) is 20.2 Å². The molecule has 0 atom stereocenters. The van der Waals surface area contributed by atoms with E-state index in [0.717, 1.165) is 35.7 Å². The number of sulfonamides is 2. The molecule has 258 valence electrons. The minimum absolute atomic E-state index is 0. The molecule has 0 aliphatic rings. The second kappa shape index (κ2) is 25.1. The number of rotatable bonds is 8. The Labute approximate surface area is 401 Å². The maximum absolute atomic E-state index is 12.2. The number of hydrogen-bond donors (Lipinski definition) is 3. The Morgan fingerprint density at radius 3 is 1.67 bits per heavy atom. The summed E-state index contributed by atoms with van der Waals surface area (Å²) in [6.07, 6.45) is 0. The Morgan fingerprint density at radius 2 is 1.31 bits per heavy atom. The number of carbonyl (C=O) groups excluding carboxylic acids is 3. The first-order chi connectivity index (χ1) is 22.0. The molecular formula is C27H33Cs2FN6O11S2. The van der Waals surface area contributed by atoms with Crippen LogP contribution in [-0.4, -0.2) is 68.4 Å². The Balaban J connectivity index is -0.000000652. The van der Waals surface area contributed by atoms with Crippen molar-refractivity contribution in [2.24, 2.45) is 10.3 Å². The van der Waals surface area contributed by atoms with Crippen LogP contribution < -0.4 is 153 Å². The first-order valence-corrected chi connectivity index (χ1v) is 16.1. The van der Waals surface area contributed by atoms with Crippen molar-refractivity contribution in [2.75, 3.05) is 13.2 Å². The molecule has 49 heavy (non-hydrogen) atoms. The van der Waals surface area contributed by atoms with Crippen LogP contribution >= 0.6 is 0 Å². The van der Waals surface area contributed by atoms with Gasteiger partial charge in [0.1, 0.15) is 5.82 Å². The Morgan fingerprint density at radius 1 is 0.878 bits per heavy atom. The van der Waals surface area contributed by atoms with E-state index < -0.39 is 31.8 Å². The Bertz CT molecular complexity index is 1840. The molecule has 17 nitrogen and oxygen atoms in total. The molecule has 2 aromatic carbocycles. The second-order valence-corrected chi connectivity index (χ2v) is 11.8. The second-order valence-electron chi connectivity index (χ2n) is 8.69. The third-order valence-corrected chi connectivity index (χ3v) is 7.01. The maximum atomic E-state index is 12.2. The van der Waals surface area contributed by atoms with Gasteiger partial charge in [-0.2, -0.15) is 10.2 Å². The molecule has 0 fully saturated rings. The average Bonchev–Trinajstić information content (AvgIpc) is 3.63. The van der Waals surface area contributed by atoms with Crippen LogP contribution in [0, 0.1) is 19.7 Å². The van der Waals surface area contributed by atoms with Gasteiger partial charge in [-0.15, -0.1) is 0 Å². The summed E-state index contributed by atoms with van der Waals surface area (Å²) >= 11 is 0. The molecule has 22 heteroatoms. The zero-order chi connectivity index (χ0) is 35.8. The number of aromatic nitrogens is 4. The molecule has 0 saturated heterocycles. The van der Waals surface area contributed by atoms with E-state index in [1.165, 1.54) is 16.8 Å². The predicted molar refractivity (Wildman–Crippen MR) is 161 cm³/mol. The zero-order valence-electron chi connectivity index (χ0n) is 28.4. The summed E-state index contributed by atoms with van der Waals surface area (Å²) in [5.41, 5.74) is 2.74. The van der Waals surface area contributed by atoms with E-state index in [-0.39, 0.29) is 174 Å². The van der Waals surface area contributed by atoms with Gasteiger partial charge >= 0.3 is 150 Å². The van der Waals surface area contributed by atoms with Gasteiger partial charge < -0.3 is 21.0 Å². The van der Waals surface area contributed by atoms with Crippen molar-refractivity contribution in [3.63, 3.8) is 0 Å². The van der Waals surface area contributed by atoms with Gasteiger partial charge in [0.15, 0.2) is 11.4 Å². The Kier molecular flexibility index (Phi) is 25.7. The van der Waals surface area contributed by atoms with E-state index in [9.17, 15) is 30.8 Å². The fourth-order valence-corrected chi connectivity index (χ4v) is 4.20. The zero-order valence-corrected chi connectivity index (χ0v) is 41.6. The fourth-order valence-electron chi connectivity index (χ4n) is 3.17. The monoisotopic (exact) mass is 966 g/mol. The number of aryl methyl sites for hydroxylation is 2. The number of H-pyrrole nitrogens is 1. The van der Waals surface area contributed by atoms with Crippen LogP contribution in [0.25, 0.3) is 5.69 Å². The van der Waals surface area contributed by atoms with Crippen LogP contribution in [0.3, 0.4) is 0 Å². The summed E-state index contributed by atoms with van der Waals surface area (Å²) in [6.45, 7) is 7.56. The van der Waals surface area contributed by atoms with E-state index in [1.54, 1.807) is 45.0 Å².